The predicted octanol–water partition coefficient (Wildman–Crippen LogP) is 3.68. The highest BCUT2D eigenvalue weighted by Gasteiger charge is 2.10. The molecule has 0 aliphatic heterocycles. The molecule has 0 fully saturated rings. The van der Waals surface area contributed by atoms with E-state index >= 15 is 0 Å². The van der Waals surface area contributed by atoms with E-state index < -0.39 is 0 Å². The Bertz CT molecular complexity index is 839. The van der Waals surface area contributed by atoms with E-state index in [2.05, 4.69) is 18.0 Å². The van der Waals surface area contributed by atoms with Gasteiger partial charge in [-0.1, -0.05) is 43.0 Å². The number of hydrogen-bond acceptors (Lipinski definition) is 3. The lowest BCUT2D eigenvalue weighted by Crippen LogP contribution is -2.22. The Kier molecular flexibility index (Phi) is 3.49. The van der Waals surface area contributed by atoms with Crippen molar-refractivity contribution in [1.29, 1.82) is 0 Å². The van der Waals surface area contributed by atoms with Gasteiger partial charge in [-0.05, 0) is 35.6 Å². The van der Waals surface area contributed by atoms with Gasteiger partial charge in [0.2, 0.25) is 0 Å². The molecule has 0 unspecified atom stereocenters. The summed E-state index contributed by atoms with van der Waals surface area (Å²) >= 11 is 1.61. The minimum atomic E-state index is 0.0548. The molecular formula is C16H16N2OS. The molecule has 4 heteroatoms. The van der Waals surface area contributed by atoms with Crippen molar-refractivity contribution in [3.8, 4) is 0 Å². The normalized spacial score (nSPS) is 11.3. The summed E-state index contributed by atoms with van der Waals surface area (Å²) in [6, 6.07) is 12.0. The van der Waals surface area contributed by atoms with Gasteiger partial charge in [-0.3, -0.25) is 9.36 Å². The minimum Gasteiger partial charge on any atom is -0.287 e. The molecule has 0 N–H and O–H groups in total. The summed E-state index contributed by atoms with van der Waals surface area (Å²) in [7, 11) is 0. The highest BCUT2D eigenvalue weighted by atomic mass is 32.2. The van der Waals surface area contributed by atoms with Crippen LogP contribution >= 0.6 is 11.8 Å². The zero-order valence-electron chi connectivity index (χ0n) is 11.6. The molecule has 3 aromatic rings. The van der Waals surface area contributed by atoms with Gasteiger partial charge in [0.05, 0.1) is 10.9 Å². The second-order valence-electron chi connectivity index (χ2n) is 4.59. The van der Waals surface area contributed by atoms with Crippen LogP contribution < -0.4 is 5.56 Å². The van der Waals surface area contributed by atoms with Crippen LogP contribution in [-0.2, 0) is 6.54 Å². The second-order valence-corrected chi connectivity index (χ2v) is 5.82. The summed E-state index contributed by atoms with van der Waals surface area (Å²) in [5.41, 5.74) is 0.841. The van der Waals surface area contributed by atoms with Crippen molar-refractivity contribution in [2.75, 3.05) is 5.75 Å². The van der Waals surface area contributed by atoms with Gasteiger partial charge in [0.25, 0.3) is 5.56 Å². The fourth-order valence-corrected chi connectivity index (χ4v) is 3.19. The topological polar surface area (TPSA) is 34.9 Å². The molecule has 0 bridgehead atoms. The molecule has 2 aromatic carbocycles. The van der Waals surface area contributed by atoms with Gasteiger partial charge in [0, 0.05) is 6.54 Å². The van der Waals surface area contributed by atoms with Gasteiger partial charge >= 0.3 is 0 Å². The summed E-state index contributed by atoms with van der Waals surface area (Å²) in [5, 5.41) is 3.71. The number of benzene rings is 2. The highest BCUT2D eigenvalue weighted by Crippen LogP contribution is 2.22. The van der Waals surface area contributed by atoms with Crippen LogP contribution in [0.3, 0.4) is 0 Å². The highest BCUT2D eigenvalue weighted by molar-refractivity contribution is 7.99. The maximum atomic E-state index is 12.6. The molecule has 1 heterocycles. The third kappa shape index (κ3) is 2.10. The largest absolute Gasteiger partial charge is 0.287 e. The van der Waals surface area contributed by atoms with Crippen LogP contribution in [0.1, 0.15) is 13.8 Å². The van der Waals surface area contributed by atoms with Crippen molar-refractivity contribution in [2.45, 2.75) is 25.5 Å². The monoisotopic (exact) mass is 284 g/mol. The van der Waals surface area contributed by atoms with Crippen molar-refractivity contribution in [2.24, 2.45) is 0 Å². The van der Waals surface area contributed by atoms with E-state index in [0.717, 1.165) is 27.2 Å². The lowest BCUT2D eigenvalue weighted by Gasteiger charge is -2.11. The summed E-state index contributed by atoms with van der Waals surface area (Å²) in [6.07, 6.45) is 0. The van der Waals surface area contributed by atoms with Crippen molar-refractivity contribution in [3.63, 3.8) is 0 Å². The zero-order valence-corrected chi connectivity index (χ0v) is 12.4. The Hall–Kier alpha value is -1.81. The molecule has 0 saturated carbocycles. The van der Waals surface area contributed by atoms with Crippen molar-refractivity contribution in [1.82, 2.24) is 9.55 Å². The average molecular weight is 284 g/mol. The molecular weight excluding hydrogens is 268 g/mol. The van der Waals surface area contributed by atoms with Crippen molar-refractivity contribution < 1.29 is 0 Å². The summed E-state index contributed by atoms with van der Waals surface area (Å²) in [5.74, 6) is 0.908. The third-order valence-corrected chi connectivity index (χ3v) is 4.23. The Labute approximate surface area is 121 Å². The first-order valence-electron chi connectivity index (χ1n) is 6.80. The van der Waals surface area contributed by atoms with Crippen molar-refractivity contribution in [3.05, 3.63) is 46.8 Å². The van der Waals surface area contributed by atoms with Crippen LogP contribution in [0.15, 0.2) is 46.3 Å². The van der Waals surface area contributed by atoms with E-state index in [-0.39, 0.29) is 5.56 Å². The van der Waals surface area contributed by atoms with Crippen LogP contribution in [-0.4, -0.2) is 15.3 Å². The van der Waals surface area contributed by atoms with E-state index in [1.54, 1.807) is 16.3 Å². The molecule has 3 rings (SSSR count). The summed E-state index contributed by atoms with van der Waals surface area (Å²) in [6.45, 7) is 4.70. The molecule has 20 heavy (non-hydrogen) atoms. The van der Waals surface area contributed by atoms with Gasteiger partial charge in [-0.2, -0.15) is 0 Å². The minimum absolute atomic E-state index is 0.0548. The Morgan fingerprint density at radius 2 is 1.85 bits per heavy atom. The molecule has 0 radical (unpaired) electrons. The van der Waals surface area contributed by atoms with E-state index in [1.807, 2.05) is 37.3 Å². The fourth-order valence-electron chi connectivity index (χ4n) is 2.41. The van der Waals surface area contributed by atoms with Gasteiger partial charge < -0.3 is 0 Å². The van der Waals surface area contributed by atoms with E-state index in [0.29, 0.717) is 11.9 Å². The first-order valence-corrected chi connectivity index (χ1v) is 7.79. The Balaban J connectivity index is 2.40. The molecule has 102 valence electrons. The number of fused-ring (bicyclic) bond motifs is 2. The Morgan fingerprint density at radius 1 is 1.15 bits per heavy atom. The first kappa shape index (κ1) is 13.2. The first-order chi connectivity index (χ1) is 9.74. The van der Waals surface area contributed by atoms with Crippen LogP contribution in [0.25, 0.3) is 21.7 Å². The molecule has 0 spiro atoms. The maximum Gasteiger partial charge on any atom is 0.262 e. The van der Waals surface area contributed by atoms with Crippen LogP contribution in [0.5, 0.6) is 0 Å². The van der Waals surface area contributed by atoms with Gasteiger partial charge in [0.15, 0.2) is 5.16 Å². The lowest BCUT2D eigenvalue weighted by molar-refractivity contribution is 0.635. The van der Waals surface area contributed by atoms with E-state index in [1.165, 1.54) is 0 Å². The van der Waals surface area contributed by atoms with E-state index in [4.69, 9.17) is 0 Å². The lowest BCUT2D eigenvalue weighted by atomic mass is 10.1. The van der Waals surface area contributed by atoms with E-state index in [9.17, 15) is 4.79 Å². The number of nitrogens with zero attached hydrogens (tertiary/aromatic N) is 2. The number of aromatic nitrogens is 2. The number of thioether (sulfide) groups is 1. The quantitative estimate of drug-likeness (QED) is 0.418. The standard InChI is InChI=1S/C16H16N2OS/c1-3-18-15(19)13-9-11-7-5-6-8-12(11)10-14(13)17-16(18)20-4-2/h5-10H,3-4H2,1-2H3. The van der Waals surface area contributed by atoms with Crippen LogP contribution in [0.4, 0.5) is 0 Å². The van der Waals surface area contributed by atoms with Gasteiger partial charge in [-0.25, -0.2) is 4.98 Å². The second kappa shape index (κ2) is 5.29. The number of hydrogen-bond donors (Lipinski definition) is 0. The Morgan fingerprint density at radius 3 is 2.50 bits per heavy atom. The van der Waals surface area contributed by atoms with Gasteiger partial charge in [-0.15, -0.1) is 0 Å². The molecule has 0 aliphatic carbocycles. The maximum absolute atomic E-state index is 12.6. The zero-order chi connectivity index (χ0) is 14.1. The predicted molar refractivity (Wildman–Crippen MR) is 85.6 cm³/mol. The van der Waals surface area contributed by atoms with Crippen LogP contribution in [0.2, 0.25) is 0 Å². The number of rotatable bonds is 3. The molecule has 3 nitrogen and oxygen atoms in total. The smallest absolute Gasteiger partial charge is 0.262 e. The van der Waals surface area contributed by atoms with Crippen molar-refractivity contribution >= 4 is 33.4 Å². The fraction of sp³-hybridized carbons (Fsp3) is 0.250. The van der Waals surface area contributed by atoms with Crippen LogP contribution in [0, 0.1) is 0 Å². The molecule has 1 aromatic heterocycles. The summed E-state index contributed by atoms with van der Waals surface area (Å²) in [4.78, 5) is 17.3. The average Bonchev–Trinajstić information content (AvgIpc) is 2.46. The molecule has 0 atom stereocenters. The van der Waals surface area contributed by atoms with Gasteiger partial charge in [0.1, 0.15) is 0 Å². The SMILES string of the molecule is CCSc1nc2cc3ccccc3cc2c(=O)n1CC. The molecule has 0 saturated heterocycles. The third-order valence-electron chi connectivity index (χ3n) is 3.38. The molecule has 0 amide bonds. The summed E-state index contributed by atoms with van der Waals surface area (Å²) < 4.78 is 1.76. The molecule has 0 aliphatic rings.